The number of carbonyl (C=O) groups excluding carboxylic acids is 2. The van der Waals surface area contributed by atoms with Crippen molar-refractivity contribution >= 4 is 12.0 Å². The summed E-state index contributed by atoms with van der Waals surface area (Å²) in [7, 11) is 0. The fourth-order valence-corrected chi connectivity index (χ4v) is 2.48. The Morgan fingerprint density at radius 1 is 1.30 bits per heavy atom. The highest BCUT2D eigenvalue weighted by molar-refractivity contribution is 5.95. The van der Waals surface area contributed by atoms with E-state index in [1.807, 2.05) is 31.2 Å². The Kier molecular flexibility index (Phi) is 5.26. The van der Waals surface area contributed by atoms with Crippen LogP contribution in [0.25, 0.3) is 0 Å². The van der Waals surface area contributed by atoms with E-state index in [1.165, 1.54) is 0 Å². The van der Waals surface area contributed by atoms with E-state index >= 15 is 0 Å². The molecule has 1 heterocycles. The minimum atomic E-state index is -0.613. The molecule has 23 heavy (non-hydrogen) atoms. The third-order valence-corrected chi connectivity index (χ3v) is 3.36. The zero-order valence-corrected chi connectivity index (χ0v) is 13.8. The normalized spacial score (nSPS) is 17.6. The summed E-state index contributed by atoms with van der Waals surface area (Å²) in [4.78, 5) is 24.3. The van der Waals surface area contributed by atoms with Gasteiger partial charge in [0.1, 0.15) is 5.75 Å². The lowest BCUT2D eigenvalue weighted by Gasteiger charge is -2.29. The lowest BCUT2D eigenvalue weighted by molar-refractivity contribution is -0.143. The number of ether oxygens (including phenoxy) is 2. The van der Waals surface area contributed by atoms with Gasteiger partial charge in [0.25, 0.3) is 0 Å². The Morgan fingerprint density at radius 3 is 2.65 bits per heavy atom. The zero-order valence-electron chi connectivity index (χ0n) is 13.8. The Balaban J connectivity index is 2.47. The van der Waals surface area contributed by atoms with Crippen molar-refractivity contribution in [2.75, 3.05) is 6.61 Å². The topological polar surface area (TPSA) is 76.7 Å². The standard InChI is InChI=1S/C17H22N2O4/c1-5-22-13-9-7-6-8-12(13)15-14(16(20)23-10(2)3)11(4)18-17(21)19-15/h6-10,15H,5H2,1-4H3,(H2,18,19,21). The molecule has 0 fully saturated rings. The van der Waals surface area contributed by atoms with Crippen molar-refractivity contribution < 1.29 is 19.1 Å². The molecule has 2 rings (SSSR count). The Hall–Kier alpha value is -2.50. The second-order valence-corrected chi connectivity index (χ2v) is 5.50. The molecule has 0 radical (unpaired) electrons. The monoisotopic (exact) mass is 318 g/mol. The number of benzene rings is 1. The van der Waals surface area contributed by atoms with Gasteiger partial charge in [-0.25, -0.2) is 9.59 Å². The molecule has 6 heteroatoms. The highest BCUT2D eigenvalue weighted by Crippen LogP contribution is 2.33. The van der Waals surface area contributed by atoms with Gasteiger partial charge in [0, 0.05) is 11.3 Å². The maximum Gasteiger partial charge on any atom is 0.338 e. The summed E-state index contributed by atoms with van der Waals surface area (Å²) < 4.78 is 10.9. The predicted octanol–water partition coefficient (Wildman–Crippen LogP) is 2.66. The molecule has 124 valence electrons. The van der Waals surface area contributed by atoms with Gasteiger partial charge in [-0.15, -0.1) is 0 Å². The van der Waals surface area contributed by atoms with E-state index in [0.717, 1.165) is 5.56 Å². The quantitative estimate of drug-likeness (QED) is 0.818. The van der Waals surface area contributed by atoms with Crippen molar-refractivity contribution in [2.45, 2.75) is 39.8 Å². The predicted molar refractivity (Wildman–Crippen MR) is 85.9 cm³/mol. The van der Waals surface area contributed by atoms with Crippen LogP contribution in [0.5, 0.6) is 5.75 Å². The molecule has 1 aliphatic heterocycles. The fourth-order valence-electron chi connectivity index (χ4n) is 2.48. The van der Waals surface area contributed by atoms with E-state index in [2.05, 4.69) is 10.6 Å². The van der Waals surface area contributed by atoms with Gasteiger partial charge >= 0.3 is 12.0 Å². The van der Waals surface area contributed by atoms with Gasteiger partial charge in [0.2, 0.25) is 0 Å². The number of carbonyl (C=O) groups is 2. The first-order chi connectivity index (χ1) is 10.9. The van der Waals surface area contributed by atoms with E-state index < -0.39 is 12.0 Å². The number of allylic oxidation sites excluding steroid dienone is 1. The van der Waals surface area contributed by atoms with Crippen LogP contribution in [0.4, 0.5) is 4.79 Å². The van der Waals surface area contributed by atoms with Crippen molar-refractivity contribution in [2.24, 2.45) is 0 Å². The zero-order chi connectivity index (χ0) is 17.0. The van der Waals surface area contributed by atoms with Gasteiger partial charge in [-0.1, -0.05) is 18.2 Å². The summed E-state index contributed by atoms with van der Waals surface area (Å²) in [6.07, 6.45) is -0.247. The molecule has 0 aromatic heterocycles. The van der Waals surface area contributed by atoms with Crippen molar-refractivity contribution in [1.29, 1.82) is 0 Å². The molecule has 0 saturated heterocycles. The van der Waals surface area contributed by atoms with Gasteiger partial charge in [-0.3, -0.25) is 0 Å². The summed E-state index contributed by atoms with van der Waals surface area (Å²) in [5.41, 5.74) is 1.58. The molecule has 0 saturated carbocycles. The number of amides is 2. The second kappa shape index (κ2) is 7.17. The van der Waals surface area contributed by atoms with Crippen LogP contribution in [0.15, 0.2) is 35.5 Å². The van der Waals surface area contributed by atoms with Gasteiger partial charge in [-0.2, -0.15) is 0 Å². The van der Waals surface area contributed by atoms with Crippen LogP contribution in [-0.4, -0.2) is 24.7 Å². The summed E-state index contributed by atoms with van der Waals surface area (Å²) in [5, 5.41) is 5.40. The lowest BCUT2D eigenvalue weighted by Crippen LogP contribution is -2.45. The van der Waals surface area contributed by atoms with E-state index in [9.17, 15) is 9.59 Å². The number of rotatable bonds is 5. The lowest BCUT2D eigenvalue weighted by atomic mass is 9.95. The minimum absolute atomic E-state index is 0.247. The smallest absolute Gasteiger partial charge is 0.338 e. The first-order valence-electron chi connectivity index (χ1n) is 7.65. The molecule has 0 bridgehead atoms. The van der Waals surface area contributed by atoms with E-state index in [-0.39, 0.29) is 12.1 Å². The number of urea groups is 1. The molecule has 1 aliphatic rings. The number of hydrogen-bond donors (Lipinski definition) is 2. The van der Waals surface area contributed by atoms with Crippen LogP contribution in [0.2, 0.25) is 0 Å². The molecular weight excluding hydrogens is 296 g/mol. The maximum absolute atomic E-state index is 12.5. The second-order valence-electron chi connectivity index (χ2n) is 5.50. The number of nitrogens with one attached hydrogen (secondary N) is 2. The SMILES string of the molecule is CCOc1ccccc1C1NC(=O)NC(C)=C1C(=O)OC(C)C. The molecule has 0 aliphatic carbocycles. The first kappa shape index (κ1) is 16.9. The molecule has 1 aromatic rings. The van der Waals surface area contributed by atoms with Gasteiger partial charge in [0.15, 0.2) is 0 Å². The van der Waals surface area contributed by atoms with Crippen LogP contribution in [-0.2, 0) is 9.53 Å². The van der Waals surface area contributed by atoms with Crippen molar-refractivity contribution in [1.82, 2.24) is 10.6 Å². The molecule has 2 amide bonds. The van der Waals surface area contributed by atoms with Crippen molar-refractivity contribution in [3.05, 3.63) is 41.1 Å². The van der Waals surface area contributed by atoms with Gasteiger partial charge in [0.05, 0.1) is 24.3 Å². The third kappa shape index (κ3) is 3.83. The molecule has 1 unspecified atom stereocenters. The average molecular weight is 318 g/mol. The van der Waals surface area contributed by atoms with Crippen LogP contribution in [0, 0.1) is 0 Å². The largest absolute Gasteiger partial charge is 0.494 e. The van der Waals surface area contributed by atoms with Crippen LogP contribution in [0.3, 0.4) is 0 Å². The third-order valence-electron chi connectivity index (χ3n) is 3.36. The maximum atomic E-state index is 12.5. The number of hydrogen-bond acceptors (Lipinski definition) is 4. The van der Waals surface area contributed by atoms with Crippen molar-refractivity contribution in [3.63, 3.8) is 0 Å². The summed E-state index contributed by atoms with van der Waals surface area (Å²) in [5.74, 6) is 0.172. The van der Waals surface area contributed by atoms with Gasteiger partial charge < -0.3 is 20.1 Å². The Bertz CT molecular complexity index is 637. The highest BCUT2D eigenvalue weighted by atomic mass is 16.5. The average Bonchev–Trinajstić information content (AvgIpc) is 2.46. The van der Waals surface area contributed by atoms with Crippen molar-refractivity contribution in [3.8, 4) is 5.75 Å². The molecule has 1 atom stereocenters. The molecule has 0 spiro atoms. The number of esters is 1. The summed E-state index contributed by atoms with van der Waals surface area (Å²) in [6, 6.07) is 6.36. The Morgan fingerprint density at radius 2 is 2.00 bits per heavy atom. The summed E-state index contributed by atoms with van der Waals surface area (Å²) in [6.45, 7) is 7.63. The minimum Gasteiger partial charge on any atom is -0.494 e. The number of para-hydroxylation sites is 1. The van der Waals surface area contributed by atoms with Gasteiger partial charge in [-0.05, 0) is 33.8 Å². The molecule has 1 aromatic carbocycles. The van der Waals surface area contributed by atoms with Crippen LogP contribution < -0.4 is 15.4 Å². The molecule has 6 nitrogen and oxygen atoms in total. The van der Waals surface area contributed by atoms with Crippen LogP contribution >= 0.6 is 0 Å². The van der Waals surface area contributed by atoms with Crippen LogP contribution in [0.1, 0.15) is 39.3 Å². The first-order valence-corrected chi connectivity index (χ1v) is 7.65. The van der Waals surface area contributed by atoms with E-state index in [1.54, 1.807) is 20.8 Å². The fraction of sp³-hybridized carbons (Fsp3) is 0.412. The van der Waals surface area contributed by atoms with E-state index in [4.69, 9.17) is 9.47 Å². The summed E-state index contributed by atoms with van der Waals surface area (Å²) >= 11 is 0. The highest BCUT2D eigenvalue weighted by Gasteiger charge is 2.34. The Labute approximate surface area is 135 Å². The molecule has 2 N–H and O–H groups in total. The van der Waals surface area contributed by atoms with E-state index in [0.29, 0.717) is 23.6 Å². The molecular formula is C17H22N2O4.